The van der Waals surface area contributed by atoms with Crippen molar-refractivity contribution < 1.29 is 18.3 Å². The molecule has 0 radical (unpaired) electrons. The Morgan fingerprint density at radius 2 is 1.57 bits per heavy atom. The lowest BCUT2D eigenvalue weighted by molar-refractivity contribution is -0.197. The van der Waals surface area contributed by atoms with Crippen LogP contribution in [0, 0.1) is 0 Å². The number of rotatable bonds is 0. The van der Waals surface area contributed by atoms with E-state index in [4.69, 9.17) is 5.11 Å². The number of hydrogen-bond acceptors (Lipinski definition) is 0. The monoisotopic (exact) mass is 115 g/mol. The molecule has 7 heavy (non-hydrogen) atoms. The molecule has 0 bridgehead atoms. The Bertz CT molecular complexity index is 55.7. The van der Waals surface area contributed by atoms with E-state index >= 15 is 0 Å². The van der Waals surface area contributed by atoms with Gasteiger partial charge in [0.1, 0.15) is 0 Å². The maximum Gasteiger partial charge on any atom is 0.461 e. The van der Waals surface area contributed by atoms with Crippen LogP contribution >= 0.6 is 0 Å². The van der Waals surface area contributed by atoms with Gasteiger partial charge in [-0.2, -0.15) is 13.2 Å². The molecular weight excluding hydrogens is 109 g/mol. The minimum atomic E-state index is -4.33. The summed E-state index contributed by atoms with van der Waals surface area (Å²) >= 11 is 0. The first kappa shape index (κ1) is 6.75. The Morgan fingerprint density at radius 3 is 1.57 bits per heavy atom. The van der Waals surface area contributed by atoms with Gasteiger partial charge < -0.3 is 5.11 Å². The van der Waals surface area contributed by atoms with Gasteiger partial charge in [0.2, 0.25) is 6.10 Å². The Kier molecular flexibility index (Phi) is 1.63. The minimum absolute atomic E-state index is 0.792. The Balaban J connectivity index is 3.54. The summed E-state index contributed by atoms with van der Waals surface area (Å²) in [4.78, 5) is 0. The quantitative estimate of drug-likeness (QED) is 0.414. The van der Waals surface area contributed by atoms with Gasteiger partial charge >= 0.3 is 6.18 Å². The van der Waals surface area contributed by atoms with Crippen LogP contribution in [0.2, 0.25) is 0 Å². The van der Waals surface area contributed by atoms with Crippen LogP contribution in [-0.4, -0.2) is 17.4 Å². The molecule has 1 atom stereocenters. The summed E-state index contributed by atoms with van der Waals surface area (Å²) in [7, 11) is 0. The molecule has 2 N–H and O–H groups in total. The highest BCUT2D eigenvalue weighted by Gasteiger charge is 2.38. The smallest absolute Gasteiger partial charge is 0.437 e. The maximum absolute atomic E-state index is 11.0. The molecule has 0 aromatic heterocycles. The van der Waals surface area contributed by atoms with E-state index in [0.29, 0.717) is 0 Å². The van der Waals surface area contributed by atoms with Crippen LogP contribution in [0.3, 0.4) is 0 Å². The Hall–Kier alpha value is -0.250. The fourth-order valence-electron chi connectivity index (χ4n) is 0. The fraction of sp³-hybridized carbons (Fsp3) is 1.00. The lowest BCUT2D eigenvalue weighted by Crippen LogP contribution is -2.24. The molecule has 4 heteroatoms. The van der Waals surface area contributed by atoms with Gasteiger partial charge in [-0.15, -0.1) is 0 Å². The molecule has 0 rings (SSSR count). The Morgan fingerprint density at radius 1 is 1.43 bits per heavy atom. The summed E-state index contributed by atoms with van der Waals surface area (Å²) in [6, 6.07) is 0. The minimum Gasteiger partial charge on any atom is -0.437 e. The molecule has 0 aromatic carbocycles. The topological polar surface area (TPSA) is 22.9 Å². The highest BCUT2D eigenvalue weighted by Crippen LogP contribution is 2.18. The van der Waals surface area contributed by atoms with Crippen LogP contribution in [0.1, 0.15) is 6.92 Å². The van der Waals surface area contributed by atoms with Gasteiger partial charge in [0.15, 0.2) is 0 Å². The van der Waals surface area contributed by atoms with E-state index in [1.807, 2.05) is 0 Å². The number of hydrogen-bond donors (Lipinski definition) is 0. The molecule has 0 aliphatic heterocycles. The summed E-state index contributed by atoms with van der Waals surface area (Å²) in [5.41, 5.74) is 0. The van der Waals surface area contributed by atoms with Crippen LogP contribution in [0.25, 0.3) is 0 Å². The van der Waals surface area contributed by atoms with Crippen molar-refractivity contribution in [2.24, 2.45) is 0 Å². The third-order valence-corrected chi connectivity index (χ3v) is 0.491. The summed E-state index contributed by atoms with van der Waals surface area (Å²) in [6.07, 6.45) is -6.28. The summed E-state index contributed by atoms with van der Waals surface area (Å²) in [6.45, 7) is 0.792. The third kappa shape index (κ3) is 2.45. The van der Waals surface area contributed by atoms with E-state index in [2.05, 4.69) is 0 Å². The largest absolute Gasteiger partial charge is 0.461 e. The zero-order valence-electron chi connectivity index (χ0n) is 3.71. The van der Waals surface area contributed by atoms with Crippen LogP contribution in [-0.2, 0) is 0 Å². The highest BCUT2D eigenvalue weighted by atomic mass is 19.4. The summed E-state index contributed by atoms with van der Waals surface area (Å²) in [5, 5.41) is 6.10. The van der Waals surface area contributed by atoms with Crippen LogP contribution in [0.5, 0.6) is 0 Å². The first-order chi connectivity index (χ1) is 2.94. The van der Waals surface area contributed by atoms with E-state index in [9.17, 15) is 13.2 Å². The molecule has 0 aliphatic carbocycles. The second kappa shape index (κ2) is 1.69. The molecule has 44 valence electrons. The van der Waals surface area contributed by atoms with Crippen molar-refractivity contribution in [1.82, 2.24) is 0 Å². The molecular formula is C3H6F3O+. The molecule has 0 amide bonds. The molecule has 0 fully saturated rings. The predicted molar refractivity (Wildman–Crippen MR) is 19.1 cm³/mol. The van der Waals surface area contributed by atoms with E-state index in [1.165, 1.54) is 0 Å². The zero-order valence-corrected chi connectivity index (χ0v) is 3.71. The van der Waals surface area contributed by atoms with Crippen LogP contribution < -0.4 is 0 Å². The maximum atomic E-state index is 11.0. The normalized spacial score (nSPS) is 16.7. The van der Waals surface area contributed by atoms with E-state index in [-0.39, 0.29) is 0 Å². The second-order valence-electron chi connectivity index (χ2n) is 1.26. The predicted octanol–water partition coefficient (Wildman–Crippen LogP) is 0.662. The zero-order chi connectivity index (χ0) is 6.08. The second-order valence-corrected chi connectivity index (χ2v) is 1.26. The van der Waals surface area contributed by atoms with Gasteiger partial charge in [-0.25, -0.2) is 0 Å². The van der Waals surface area contributed by atoms with Crippen molar-refractivity contribution in [3.63, 3.8) is 0 Å². The summed E-state index contributed by atoms with van der Waals surface area (Å²) < 4.78 is 33.0. The standard InChI is InChI=1S/C3H5F3O/c1-2(7)3(4,5)6/h2,7H,1H3/p+1. The number of halogens is 3. The molecule has 0 aliphatic rings. The van der Waals surface area contributed by atoms with Crippen molar-refractivity contribution in [1.29, 1.82) is 0 Å². The first-order valence-corrected chi connectivity index (χ1v) is 1.72. The van der Waals surface area contributed by atoms with Gasteiger partial charge in [0.25, 0.3) is 0 Å². The molecule has 0 spiro atoms. The molecule has 0 aromatic rings. The van der Waals surface area contributed by atoms with Crippen molar-refractivity contribution in [2.75, 3.05) is 0 Å². The average molecular weight is 115 g/mol. The van der Waals surface area contributed by atoms with Crippen molar-refractivity contribution >= 4 is 0 Å². The van der Waals surface area contributed by atoms with E-state index < -0.39 is 12.3 Å². The van der Waals surface area contributed by atoms with Crippen molar-refractivity contribution in [3.8, 4) is 0 Å². The van der Waals surface area contributed by atoms with Gasteiger partial charge in [-0.05, 0) is 0 Å². The fourth-order valence-corrected chi connectivity index (χ4v) is 0. The third-order valence-electron chi connectivity index (χ3n) is 0.491. The Labute approximate surface area is 38.8 Å². The first-order valence-electron chi connectivity index (χ1n) is 1.72. The molecule has 0 heterocycles. The lowest BCUT2D eigenvalue weighted by Gasteiger charge is -2.02. The van der Waals surface area contributed by atoms with Crippen molar-refractivity contribution in [3.05, 3.63) is 0 Å². The van der Waals surface area contributed by atoms with Crippen LogP contribution in [0.15, 0.2) is 0 Å². The summed E-state index contributed by atoms with van der Waals surface area (Å²) in [5.74, 6) is 0. The molecule has 1 unspecified atom stereocenters. The van der Waals surface area contributed by atoms with Crippen LogP contribution in [0.4, 0.5) is 13.2 Å². The highest BCUT2D eigenvalue weighted by molar-refractivity contribution is 4.55. The van der Waals surface area contributed by atoms with Gasteiger partial charge in [0, 0.05) is 6.92 Å². The molecule has 0 saturated heterocycles. The van der Waals surface area contributed by atoms with Gasteiger partial charge in [-0.3, -0.25) is 0 Å². The lowest BCUT2D eigenvalue weighted by atomic mass is 10.4. The average Bonchev–Trinajstić information content (AvgIpc) is 1.31. The SMILES string of the molecule is CC([OH2+])C(F)(F)F. The van der Waals surface area contributed by atoms with Gasteiger partial charge in [-0.1, -0.05) is 0 Å². The van der Waals surface area contributed by atoms with E-state index in [0.717, 1.165) is 6.92 Å². The van der Waals surface area contributed by atoms with Gasteiger partial charge in [0.05, 0.1) is 0 Å². The molecule has 0 saturated carbocycles. The molecule has 1 nitrogen and oxygen atoms in total. The number of alkyl halides is 3. The van der Waals surface area contributed by atoms with E-state index in [1.54, 1.807) is 0 Å². The van der Waals surface area contributed by atoms with Crippen molar-refractivity contribution in [2.45, 2.75) is 19.2 Å².